The van der Waals surface area contributed by atoms with Gasteiger partial charge in [0.2, 0.25) is 5.91 Å². The van der Waals surface area contributed by atoms with Crippen LogP contribution in [0.1, 0.15) is 12.8 Å². The van der Waals surface area contributed by atoms with E-state index in [-0.39, 0.29) is 12.5 Å². The third-order valence-corrected chi connectivity index (χ3v) is 2.37. The van der Waals surface area contributed by atoms with Gasteiger partial charge in [0.05, 0.1) is 12.7 Å². The number of carbonyl (C=O) groups excluding carboxylic acids is 1. The van der Waals surface area contributed by atoms with Crippen LogP contribution in [0.4, 0.5) is 0 Å². The minimum atomic E-state index is -0.606. The van der Waals surface area contributed by atoms with Crippen LogP contribution in [0.5, 0.6) is 0 Å². The van der Waals surface area contributed by atoms with Crippen molar-refractivity contribution in [3.05, 3.63) is 0 Å². The highest BCUT2D eigenvalue weighted by Gasteiger charge is 2.25. The molecule has 1 amide bonds. The summed E-state index contributed by atoms with van der Waals surface area (Å²) < 4.78 is 4.81. The smallest absolute Gasteiger partial charge is 0.241 e. The van der Waals surface area contributed by atoms with E-state index in [1.807, 2.05) is 0 Å². The SMILES string of the molecule is COCC(N)C(=O)N1CCCC(O)C1. The van der Waals surface area contributed by atoms with E-state index in [4.69, 9.17) is 10.5 Å². The standard InChI is InChI=1S/C9H18N2O3/c1-14-6-8(10)9(13)11-4-2-3-7(12)5-11/h7-8,12H,2-6,10H2,1H3. The van der Waals surface area contributed by atoms with Crippen molar-refractivity contribution < 1.29 is 14.6 Å². The summed E-state index contributed by atoms with van der Waals surface area (Å²) in [6.07, 6.45) is 1.21. The molecule has 1 aliphatic rings. The number of β-amino-alcohol motifs (C(OH)–C–C–N with tert-alkyl or cyclic N) is 1. The predicted octanol–water partition coefficient (Wildman–Crippen LogP) is -1.06. The lowest BCUT2D eigenvalue weighted by atomic mass is 10.1. The molecule has 5 nitrogen and oxygen atoms in total. The van der Waals surface area contributed by atoms with E-state index < -0.39 is 12.1 Å². The van der Waals surface area contributed by atoms with Gasteiger partial charge in [-0.25, -0.2) is 0 Å². The molecule has 5 heteroatoms. The lowest BCUT2D eigenvalue weighted by Crippen LogP contribution is -2.50. The van der Waals surface area contributed by atoms with Gasteiger partial charge >= 0.3 is 0 Å². The second kappa shape index (κ2) is 5.29. The van der Waals surface area contributed by atoms with Crippen molar-refractivity contribution >= 4 is 5.91 Å². The molecular formula is C9H18N2O3. The Morgan fingerprint density at radius 3 is 3.07 bits per heavy atom. The molecule has 0 aromatic heterocycles. The van der Waals surface area contributed by atoms with Gasteiger partial charge in [-0.05, 0) is 12.8 Å². The van der Waals surface area contributed by atoms with E-state index in [2.05, 4.69) is 0 Å². The first-order valence-electron chi connectivity index (χ1n) is 4.86. The molecule has 82 valence electrons. The zero-order valence-electron chi connectivity index (χ0n) is 8.48. The lowest BCUT2D eigenvalue weighted by Gasteiger charge is -2.31. The van der Waals surface area contributed by atoms with Crippen LogP contribution in [0, 0.1) is 0 Å². The number of hydrogen-bond donors (Lipinski definition) is 2. The molecule has 0 aliphatic carbocycles. The largest absolute Gasteiger partial charge is 0.391 e. The van der Waals surface area contributed by atoms with Gasteiger partial charge in [0.15, 0.2) is 0 Å². The van der Waals surface area contributed by atoms with Crippen molar-refractivity contribution in [2.45, 2.75) is 25.0 Å². The summed E-state index contributed by atoms with van der Waals surface area (Å²) in [4.78, 5) is 13.3. The highest BCUT2D eigenvalue weighted by Crippen LogP contribution is 2.10. The first kappa shape index (κ1) is 11.4. The van der Waals surface area contributed by atoms with Crippen LogP contribution >= 0.6 is 0 Å². The number of aliphatic hydroxyl groups is 1. The molecule has 0 spiro atoms. The molecule has 0 aromatic rings. The van der Waals surface area contributed by atoms with Crippen molar-refractivity contribution in [2.24, 2.45) is 5.73 Å². The molecule has 1 rings (SSSR count). The highest BCUT2D eigenvalue weighted by atomic mass is 16.5. The summed E-state index contributed by atoms with van der Waals surface area (Å²) in [5, 5.41) is 9.37. The fraction of sp³-hybridized carbons (Fsp3) is 0.889. The van der Waals surface area contributed by atoms with Crippen molar-refractivity contribution in [1.82, 2.24) is 4.90 Å². The van der Waals surface area contributed by atoms with Crippen LogP contribution in [-0.2, 0) is 9.53 Å². The molecule has 0 saturated carbocycles. The minimum absolute atomic E-state index is 0.134. The highest BCUT2D eigenvalue weighted by molar-refractivity contribution is 5.81. The number of carbonyl (C=O) groups is 1. The number of ether oxygens (including phenoxy) is 1. The Morgan fingerprint density at radius 2 is 2.50 bits per heavy atom. The summed E-state index contributed by atoms with van der Waals surface area (Å²) >= 11 is 0. The molecule has 1 heterocycles. The van der Waals surface area contributed by atoms with Gasteiger partial charge in [-0.2, -0.15) is 0 Å². The number of nitrogens with zero attached hydrogens (tertiary/aromatic N) is 1. The third kappa shape index (κ3) is 2.94. The van der Waals surface area contributed by atoms with Crippen molar-refractivity contribution in [1.29, 1.82) is 0 Å². The lowest BCUT2D eigenvalue weighted by molar-refractivity contribution is -0.136. The van der Waals surface area contributed by atoms with Crippen molar-refractivity contribution in [3.63, 3.8) is 0 Å². The van der Waals surface area contributed by atoms with Crippen molar-refractivity contribution in [2.75, 3.05) is 26.8 Å². The number of likely N-dealkylation sites (tertiary alicyclic amines) is 1. The average Bonchev–Trinajstić information content (AvgIpc) is 2.17. The first-order valence-corrected chi connectivity index (χ1v) is 4.86. The topological polar surface area (TPSA) is 75.8 Å². The van der Waals surface area contributed by atoms with E-state index in [0.29, 0.717) is 13.1 Å². The van der Waals surface area contributed by atoms with Gasteiger partial charge in [0.25, 0.3) is 0 Å². The van der Waals surface area contributed by atoms with Crippen LogP contribution in [0.25, 0.3) is 0 Å². The number of aliphatic hydroxyl groups excluding tert-OH is 1. The van der Waals surface area contributed by atoms with E-state index in [1.54, 1.807) is 4.90 Å². The molecule has 2 unspecified atom stereocenters. The van der Waals surface area contributed by atoms with Crippen molar-refractivity contribution in [3.8, 4) is 0 Å². The number of piperidine rings is 1. The van der Waals surface area contributed by atoms with Gasteiger partial charge in [0, 0.05) is 20.2 Å². The number of hydrogen-bond acceptors (Lipinski definition) is 4. The summed E-state index contributed by atoms with van der Waals surface area (Å²) in [6, 6.07) is -0.606. The fourth-order valence-corrected chi connectivity index (χ4v) is 1.64. The molecule has 1 aliphatic heterocycles. The normalized spacial score (nSPS) is 24.8. The van der Waals surface area contributed by atoms with Crippen LogP contribution < -0.4 is 5.73 Å². The number of nitrogens with two attached hydrogens (primary N) is 1. The average molecular weight is 202 g/mol. The van der Waals surface area contributed by atoms with Gasteiger partial charge < -0.3 is 20.5 Å². The molecule has 1 fully saturated rings. The summed E-state index contributed by atoms with van der Waals surface area (Å²) in [5.41, 5.74) is 5.61. The van der Waals surface area contributed by atoms with Crippen LogP contribution in [0.15, 0.2) is 0 Å². The van der Waals surface area contributed by atoms with E-state index in [1.165, 1.54) is 7.11 Å². The van der Waals surface area contributed by atoms with Gasteiger partial charge in [0.1, 0.15) is 6.04 Å². The monoisotopic (exact) mass is 202 g/mol. The number of methoxy groups -OCH3 is 1. The van der Waals surface area contributed by atoms with E-state index in [9.17, 15) is 9.90 Å². The van der Waals surface area contributed by atoms with Crippen LogP contribution in [0.3, 0.4) is 0 Å². The quantitative estimate of drug-likeness (QED) is 0.612. The Labute approximate surface area is 83.8 Å². The molecule has 14 heavy (non-hydrogen) atoms. The predicted molar refractivity (Wildman–Crippen MR) is 51.7 cm³/mol. The molecule has 1 saturated heterocycles. The maximum Gasteiger partial charge on any atom is 0.241 e. The minimum Gasteiger partial charge on any atom is -0.391 e. The zero-order chi connectivity index (χ0) is 10.6. The summed E-state index contributed by atoms with van der Waals surface area (Å²) in [7, 11) is 1.51. The molecule has 2 atom stereocenters. The maximum absolute atomic E-state index is 11.6. The van der Waals surface area contributed by atoms with E-state index in [0.717, 1.165) is 12.8 Å². The molecular weight excluding hydrogens is 184 g/mol. The van der Waals surface area contributed by atoms with Gasteiger partial charge in [-0.1, -0.05) is 0 Å². The molecule has 0 radical (unpaired) electrons. The van der Waals surface area contributed by atoms with Gasteiger partial charge in [-0.15, -0.1) is 0 Å². The molecule has 3 N–H and O–H groups in total. The summed E-state index contributed by atoms with van der Waals surface area (Å²) in [6.45, 7) is 1.31. The zero-order valence-corrected chi connectivity index (χ0v) is 8.48. The molecule has 0 bridgehead atoms. The Kier molecular flexibility index (Phi) is 4.31. The maximum atomic E-state index is 11.6. The Hall–Kier alpha value is -0.650. The third-order valence-electron chi connectivity index (χ3n) is 2.37. The Morgan fingerprint density at radius 1 is 1.79 bits per heavy atom. The number of rotatable bonds is 3. The Bertz CT molecular complexity index is 198. The van der Waals surface area contributed by atoms with E-state index >= 15 is 0 Å². The van der Waals surface area contributed by atoms with Crippen LogP contribution in [0.2, 0.25) is 0 Å². The fourth-order valence-electron chi connectivity index (χ4n) is 1.64. The molecule has 0 aromatic carbocycles. The van der Waals surface area contributed by atoms with Gasteiger partial charge in [-0.3, -0.25) is 4.79 Å². The summed E-state index contributed by atoms with van der Waals surface area (Å²) in [5.74, 6) is -0.134. The van der Waals surface area contributed by atoms with Crippen LogP contribution in [-0.4, -0.2) is 54.9 Å². The second-order valence-corrected chi connectivity index (χ2v) is 3.64. The Balaban J connectivity index is 2.42. The number of amides is 1. The second-order valence-electron chi connectivity index (χ2n) is 3.64. The first-order chi connectivity index (χ1) is 6.65.